The van der Waals surface area contributed by atoms with E-state index >= 15 is 0 Å². The Bertz CT molecular complexity index is 519. The Kier molecular flexibility index (Phi) is 3.55. The molecule has 2 aromatic rings. The van der Waals surface area contributed by atoms with Crippen LogP contribution in [-0.4, -0.2) is 15.1 Å². The van der Waals surface area contributed by atoms with E-state index in [9.17, 15) is 0 Å². The van der Waals surface area contributed by atoms with Crippen molar-refractivity contribution in [2.24, 2.45) is 11.7 Å². The molecule has 0 bridgehead atoms. The first-order valence-corrected chi connectivity index (χ1v) is 6.85. The molecule has 1 aliphatic carbocycles. The minimum Gasteiger partial charge on any atom is -0.337 e. The molecule has 3 rings (SSSR count). The Labute approximate surface area is 112 Å². The molecule has 2 heterocycles. The van der Waals surface area contributed by atoms with Crippen molar-refractivity contribution < 1.29 is 4.52 Å². The third kappa shape index (κ3) is 2.66. The van der Waals surface area contributed by atoms with Gasteiger partial charge in [-0.15, -0.1) is 0 Å². The van der Waals surface area contributed by atoms with Crippen LogP contribution in [0.3, 0.4) is 0 Å². The van der Waals surface area contributed by atoms with Gasteiger partial charge in [0.15, 0.2) is 0 Å². The number of aromatic nitrogens is 3. The molecule has 2 N–H and O–H groups in total. The van der Waals surface area contributed by atoms with Gasteiger partial charge >= 0.3 is 0 Å². The lowest BCUT2D eigenvalue weighted by Gasteiger charge is -2.24. The highest BCUT2D eigenvalue weighted by molar-refractivity contribution is 5.47. The fourth-order valence-electron chi connectivity index (χ4n) is 2.66. The lowest BCUT2D eigenvalue weighted by atomic mass is 9.84. The maximum atomic E-state index is 6.24. The summed E-state index contributed by atoms with van der Waals surface area (Å²) in [6, 6.07) is 5.48. The molecule has 100 valence electrons. The molecule has 1 atom stereocenters. The quantitative estimate of drug-likeness (QED) is 0.915. The maximum absolute atomic E-state index is 6.24. The first-order valence-electron chi connectivity index (χ1n) is 6.85. The Morgan fingerprint density at radius 1 is 1.21 bits per heavy atom. The molecule has 0 aliphatic heterocycles. The van der Waals surface area contributed by atoms with Crippen LogP contribution in [0, 0.1) is 5.92 Å². The van der Waals surface area contributed by atoms with Gasteiger partial charge in [-0.3, -0.25) is 4.98 Å². The van der Waals surface area contributed by atoms with Crippen LogP contribution in [0.1, 0.15) is 44.0 Å². The molecule has 5 heteroatoms. The minimum atomic E-state index is -0.148. The fraction of sp³-hybridized carbons (Fsp3) is 0.500. The van der Waals surface area contributed by atoms with Crippen LogP contribution >= 0.6 is 0 Å². The Morgan fingerprint density at radius 3 is 2.79 bits per heavy atom. The van der Waals surface area contributed by atoms with Gasteiger partial charge in [0.2, 0.25) is 11.7 Å². The van der Waals surface area contributed by atoms with Gasteiger partial charge in [-0.1, -0.05) is 30.5 Å². The number of nitrogens with zero attached hydrogens (tertiary/aromatic N) is 3. The van der Waals surface area contributed by atoms with E-state index in [4.69, 9.17) is 10.3 Å². The zero-order valence-electron chi connectivity index (χ0n) is 10.8. The fourth-order valence-corrected chi connectivity index (χ4v) is 2.66. The van der Waals surface area contributed by atoms with Gasteiger partial charge in [0.05, 0.1) is 6.04 Å². The molecule has 19 heavy (non-hydrogen) atoms. The van der Waals surface area contributed by atoms with Crippen LogP contribution in [-0.2, 0) is 0 Å². The summed E-state index contributed by atoms with van der Waals surface area (Å²) in [4.78, 5) is 8.60. The average molecular weight is 258 g/mol. The summed E-state index contributed by atoms with van der Waals surface area (Å²) in [5.41, 5.74) is 6.96. The van der Waals surface area contributed by atoms with Gasteiger partial charge in [-0.25, -0.2) is 0 Å². The van der Waals surface area contributed by atoms with Crippen LogP contribution in [0.25, 0.3) is 11.5 Å². The van der Waals surface area contributed by atoms with E-state index < -0.39 is 0 Å². The van der Waals surface area contributed by atoms with Crippen LogP contribution in [0.4, 0.5) is 0 Å². The number of hydrogen-bond acceptors (Lipinski definition) is 5. The van der Waals surface area contributed by atoms with Gasteiger partial charge in [0, 0.05) is 6.20 Å². The molecule has 0 aromatic carbocycles. The van der Waals surface area contributed by atoms with E-state index in [0.717, 1.165) is 12.8 Å². The number of pyridine rings is 1. The SMILES string of the molecule is NC(c1nc(-c2ccccn2)no1)C1CCCCC1. The molecule has 0 amide bonds. The molecule has 2 aromatic heterocycles. The van der Waals surface area contributed by atoms with Crippen LogP contribution < -0.4 is 5.73 Å². The summed E-state index contributed by atoms with van der Waals surface area (Å²) in [5, 5.41) is 3.97. The summed E-state index contributed by atoms with van der Waals surface area (Å²) in [6.45, 7) is 0. The second-order valence-corrected chi connectivity index (χ2v) is 5.10. The minimum absolute atomic E-state index is 0.148. The largest absolute Gasteiger partial charge is 0.337 e. The highest BCUT2D eigenvalue weighted by Crippen LogP contribution is 2.32. The maximum Gasteiger partial charge on any atom is 0.244 e. The smallest absolute Gasteiger partial charge is 0.244 e. The Balaban J connectivity index is 1.77. The summed E-state index contributed by atoms with van der Waals surface area (Å²) in [6.07, 6.45) is 7.84. The predicted octanol–water partition coefficient (Wildman–Crippen LogP) is 2.71. The van der Waals surface area contributed by atoms with Crippen molar-refractivity contribution in [3.8, 4) is 11.5 Å². The molecule has 5 nitrogen and oxygen atoms in total. The van der Waals surface area contributed by atoms with E-state index in [1.807, 2.05) is 18.2 Å². The van der Waals surface area contributed by atoms with Gasteiger partial charge in [-0.2, -0.15) is 4.98 Å². The number of nitrogens with two attached hydrogens (primary N) is 1. The monoisotopic (exact) mass is 258 g/mol. The zero-order valence-corrected chi connectivity index (χ0v) is 10.8. The normalized spacial score (nSPS) is 18.4. The third-order valence-electron chi connectivity index (χ3n) is 3.78. The van der Waals surface area contributed by atoms with Crippen molar-refractivity contribution in [2.45, 2.75) is 38.1 Å². The van der Waals surface area contributed by atoms with Crippen molar-refractivity contribution in [1.29, 1.82) is 0 Å². The van der Waals surface area contributed by atoms with Crippen LogP contribution in [0.15, 0.2) is 28.9 Å². The van der Waals surface area contributed by atoms with Crippen molar-refractivity contribution in [1.82, 2.24) is 15.1 Å². The summed E-state index contributed by atoms with van der Waals surface area (Å²) >= 11 is 0. The highest BCUT2D eigenvalue weighted by atomic mass is 16.5. The molecule has 0 radical (unpaired) electrons. The number of rotatable bonds is 3. The standard InChI is InChI=1S/C14H18N4O/c15-12(10-6-2-1-3-7-10)14-17-13(18-19-14)11-8-4-5-9-16-11/h4-5,8-10,12H,1-3,6-7,15H2. The van der Waals surface area contributed by atoms with Crippen molar-refractivity contribution in [3.63, 3.8) is 0 Å². The third-order valence-corrected chi connectivity index (χ3v) is 3.78. The van der Waals surface area contributed by atoms with Crippen molar-refractivity contribution >= 4 is 0 Å². The first kappa shape index (κ1) is 12.3. The van der Waals surface area contributed by atoms with Gasteiger partial charge in [0.25, 0.3) is 0 Å². The Morgan fingerprint density at radius 2 is 2.05 bits per heavy atom. The summed E-state index contributed by atoms with van der Waals surface area (Å²) < 4.78 is 5.31. The molecule has 1 aliphatic rings. The lowest BCUT2D eigenvalue weighted by molar-refractivity contribution is 0.255. The molecule has 0 spiro atoms. The van der Waals surface area contributed by atoms with Crippen molar-refractivity contribution in [3.05, 3.63) is 30.3 Å². The second-order valence-electron chi connectivity index (χ2n) is 5.10. The lowest BCUT2D eigenvalue weighted by Crippen LogP contribution is -2.23. The number of hydrogen-bond donors (Lipinski definition) is 1. The highest BCUT2D eigenvalue weighted by Gasteiger charge is 2.26. The summed E-state index contributed by atoms with van der Waals surface area (Å²) in [7, 11) is 0. The van der Waals surface area contributed by atoms with Gasteiger partial charge in [-0.05, 0) is 30.9 Å². The molecule has 1 fully saturated rings. The molecule has 1 saturated carbocycles. The van der Waals surface area contributed by atoms with E-state index in [1.165, 1.54) is 19.3 Å². The molecule has 1 unspecified atom stereocenters. The Hall–Kier alpha value is -1.75. The topological polar surface area (TPSA) is 77.8 Å². The van der Waals surface area contributed by atoms with Gasteiger partial charge < -0.3 is 10.3 Å². The van der Waals surface area contributed by atoms with E-state index in [1.54, 1.807) is 6.20 Å². The molecule has 0 saturated heterocycles. The van der Waals surface area contributed by atoms with E-state index in [2.05, 4.69) is 15.1 Å². The van der Waals surface area contributed by atoms with E-state index in [0.29, 0.717) is 23.3 Å². The average Bonchev–Trinajstić information content (AvgIpc) is 2.98. The van der Waals surface area contributed by atoms with Crippen LogP contribution in [0.5, 0.6) is 0 Å². The van der Waals surface area contributed by atoms with Gasteiger partial charge in [0.1, 0.15) is 5.69 Å². The van der Waals surface area contributed by atoms with Crippen molar-refractivity contribution in [2.75, 3.05) is 0 Å². The first-order chi connectivity index (χ1) is 9.34. The zero-order chi connectivity index (χ0) is 13.1. The second kappa shape index (κ2) is 5.48. The summed E-state index contributed by atoms with van der Waals surface area (Å²) in [5.74, 6) is 1.51. The predicted molar refractivity (Wildman–Crippen MR) is 71.0 cm³/mol. The molecular formula is C14H18N4O. The molecular weight excluding hydrogens is 240 g/mol. The van der Waals surface area contributed by atoms with E-state index in [-0.39, 0.29) is 6.04 Å². The van der Waals surface area contributed by atoms with Crippen LogP contribution in [0.2, 0.25) is 0 Å².